The molecule has 0 atom stereocenters. The van der Waals surface area contributed by atoms with Gasteiger partial charge in [0.05, 0.1) is 11.1 Å². The van der Waals surface area contributed by atoms with Gasteiger partial charge < -0.3 is 9.88 Å². The molecule has 4 rings (SSSR count). The molecule has 2 aromatic carbocycles. The van der Waals surface area contributed by atoms with Crippen molar-refractivity contribution < 1.29 is 26.3 Å². The van der Waals surface area contributed by atoms with Gasteiger partial charge in [0.25, 0.3) is 0 Å². The molecule has 12 heteroatoms. The van der Waals surface area contributed by atoms with Crippen LogP contribution in [0.3, 0.4) is 0 Å². The van der Waals surface area contributed by atoms with Crippen LogP contribution in [0.15, 0.2) is 53.8 Å². The molecule has 3 N–H and O–H groups in total. The molecule has 0 radical (unpaired) electrons. The monoisotopic (exact) mass is 456 g/mol. The molecule has 0 fully saturated rings. The summed E-state index contributed by atoms with van der Waals surface area (Å²) in [7, 11) is 1.62. The van der Waals surface area contributed by atoms with E-state index in [4.69, 9.17) is 0 Å². The summed E-state index contributed by atoms with van der Waals surface area (Å²) < 4.78 is 79.6. The molecule has 0 spiro atoms. The van der Waals surface area contributed by atoms with Gasteiger partial charge in [-0.05, 0) is 35.4 Å². The molecule has 0 bridgehead atoms. The average Bonchev–Trinajstić information content (AvgIpc) is 3.32. The number of H-pyrrole nitrogens is 1. The van der Waals surface area contributed by atoms with E-state index in [0.29, 0.717) is 0 Å². The van der Waals surface area contributed by atoms with Crippen LogP contribution in [0.2, 0.25) is 0 Å². The van der Waals surface area contributed by atoms with Gasteiger partial charge in [-0.25, -0.2) is 5.53 Å². The molecule has 1 aromatic heterocycles. The minimum atomic E-state index is -4.91. The van der Waals surface area contributed by atoms with E-state index in [0.717, 1.165) is 28.6 Å². The molecular weight excluding hydrogens is 438 g/mol. The third-order valence-electron chi connectivity index (χ3n) is 4.93. The Hall–Kier alpha value is -3.41. The number of nitrogens with one attached hydrogen (secondary N) is 3. The smallest absolute Gasteiger partial charge is 0.361 e. The van der Waals surface area contributed by atoms with Gasteiger partial charge in [-0.2, -0.15) is 26.3 Å². The molecule has 2 heterocycles. The standard InChI is InChI=1S/C20H18F6N6/c1-31-29-18(28-30-31)32(11-13-9-27-17-5-3-2-4-16(13)17)10-12-6-14(19(21,22)23)8-15(7-12)20(24,25)26/h2-9,27,30H,10-11H2,1H3,(H,28,29). The molecule has 0 amide bonds. The van der Waals surface area contributed by atoms with Crippen molar-refractivity contribution in [2.75, 3.05) is 7.05 Å². The van der Waals surface area contributed by atoms with Crippen molar-refractivity contribution in [1.82, 2.24) is 26.0 Å². The normalized spacial score (nSPS) is 14.9. The fraction of sp³-hybridized carbons (Fsp3) is 0.250. The molecule has 0 aliphatic carbocycles. The SMILES string of the molecule is CN1NN=C(N(Cc2cc(C(F)(F)F)cc(C(F)(F)F)c2)Cc2c[nH]c3ccccc23)N1. The van der Waals surface area contributed by atoms with Crippen LogP contribution in [0, 0.1) is 0 Å². The number of hydrogen-bond acceptors (Lipinski definition) is 5. The Bertz CT molecular complexity index is 1120. The van der Waals surface area contributed by atoms with Gasteiger partial charge in [-0.15, -0.1) is 10.2 Å². The number of nitrogens with zero attached hydrogens (tertiary/aromatic N) is 3. The number of hydrogen-bond donors (Lipinski definition) is 3. The van der Waals surface area contributed by atoms with E-state index in [-0.39, 0.29) is 30.7 Å². The van der Waals surface area contributed by atoms with Crippen LogP contribution in [0.25, 0.3) is 10.9 Å². The van der Waals surface area contributed by atoms with E-state index in [2.05, 4.69) is 21.0 Å². The average molecular weight is 456 g/mol. The lowest BCUT2D eigenvalue weighted by Crippen LogP contribution is -2.44. The first-order chi connectivity index (χ1) is 15.0. The number of para-hydroxylation sites is 1. The van der Waals surface area contributed by atoms with Crippen LogP contribution in [-0.4, -0.2) is 28.0 Å². The predicted molar refractivity (Wildman–Crippen MR) is 105 cm³/mol. The minimum Gasteiger partial charge on any atom is -0.361 e. The minimum absolute atomic E-state index is 0.119. The Kier molecular flexibility index (Phi) is 5.41. The Labute approximate surface area is 178 Å². The Balaban J connectivity index is 1.71. The zero-order chi connectivity index (χ0) is 23.1. The van der Waals surface area contributed by atoms with Crippen molar-refractivity contribution >= 4 is 16.9 Å². The van der Waals surface area contributed by atoms with Crippen LogP contribution < -0.4 is 11.0 Å². The number of benzene rings is 2. The maximum atomic E-state index is 13.3. The summed E-state index contributed by atoms with van der Waals surface area (Å²) in [4.78, 5) is 4.66. The van der Waals surface area contributed by atoms with E-state index < -0.39 is 23.5 Å². The highest BCUT2D eigenvalue weighted by atomic mass is 19.4. The van der Waals surface area contributed by atoms with Crippen molar-refractivity contribution in [3.63, 3.8) is 0 Å². The Morgan fingerprint density at radius 3 is 2.19 bits per heavy atom. The van der Waals surface area contributed by atoms with Crippen LogP contribution in [0.5, 0.6) is 0 Å². The fourth-order valence-corrected chi connectivity index (χ4v) is 3.47. The van der Waals surface area contributed by atoms with Crippen LogP contribution in [0.4, 0.5) is 26.3 Å². The number of alkyl halides is 6. The predicted octanol–water partition coefficient (Wildman–Crippen LogP) is 4.43. The molecule has 6 nitrogen and oxygen atoms in total. The molecule has 1 aliphatic rings. The topological polar surface area (TPSA) is 58.7 Å². The maximum Gasteiger partial charge on any atom is 0.416 e. The molecule has 3 aromatic rings. The summed E-state index contributed by atoms with van der Waals surface area (Å²) in [6.45, 7) is -0.0587. The number of aromatic nitrogens is 1. The first kappa shape index (κ1) is 21.8. The van der Waals surface area contributed by atoms with Gasteiger partial charge in [-0.1, -0.05) is 18.2 Å². The zero-order valence-electron chi connectivity index (χ0n) is 16.6. The second kappa shape index (κ2) is 7.93. The van der Waals surface area contributed by atoms with E-state index in [1.807, 2.05) is 24.3 Å². The number of guanidine groups is 1. The summed E-state index contributed by atoms with van der Waals surface area (Å²) in [5.74, 6) is 0.253. The summed E-state index contributed by atoms with van der Waals surface area (Å²) >= 11 is 0. The van der Waals surface area contributed by atoms with Crippen LogP contribution >= 0.6 is 0 Å². The van der Waals surface area contributed by atoms with E-state index >= 15 is 0 Å². The first-order valence-corrected chi connectivity index (χ1v) is 9.43. The molecule has 32 heavy (non-hydrogen) atoms. The number of halogens is 6. The molecule has 1 aliphatic heterocycles. The highest BCUT2D eigenvalue weighted by Gasteiger charge is 2.37. The molecule has 170 valence electrons. The van der Waals surface area contributed by atoms with Crippen molar-refractivity contribution in [3.8, 4) is 0 Å². The molecule has 0 saturated heterocycles. The lowest BCUT2D eigenvalue weighted by Gasteiger charge is -2.25. The number of hydrazine groups is 2. The third kappa shape index (κ3) is 4.59. The number of hydrazone groups is 1. The second-order valence-corrected chi connectivity index (χ2v) is 7.34. The van der Waals surface area contributed by atoms with Crippen molar-refractivity contribution in [2.45, 2.75) is 25.4 Å². The van der Waals surface area contributed by atoms with E-state index in [1.165, 1.54) is 5.12 Å². The third-order valence-corrected chi connectivity index (χ3v) is 4.93. The Morgan fingerprint density at radius 1 is 0.938 bits per heavy atom. The lowest BCUT2D eigenvalue weighted by molar-refractivity contribution is -0.143. The van der Waals surface area contributed by atoms with Gasteiger partial charge in [0.15, 0.2) is 0 Å². The number of aromatic amines is 1. The number of rotatable bonds is 4. The van der Waals surface area contributed by atoms with Gasteiger partial charge in [-0.3, -0.25) is 5.43 Å². The molecular formula is C20H18F6N6. The van der Waals surface area contributed by atoms with E-state index in [9.17, 15) is 26.3 Å². The van der Waals surface area contributed by atoms with Crippen LogP contribution in [0.1, 0.15) is 22.3 Å². The van der Waals surface area contributed by atoms with Gasteiger partial charge in [0.2, 0.25) is 5.96 Å². The number of fused-ring (bicyclic) bond motifs is 1. The molecule has 0 saturated carbocycles. The van der Waals surface area contributed by atoms with Gasteiger partial charge in [0, 0.05) is 37.2 Å². The summed E-state index contributed by atoms with van der Waals surface area (Å²) in [5.41, 5.74) is 4.30. The summed E-state index contributed by atoms with van der Waals surface area (Å²) in [5, 5.41) is 6.36. The van der Waals surface area contributed by atoms with Crippen molar-refractivity contribution in [1.29, 1.82) is 0 Å². The zero-order valence-corrected chi connectivity index (χ0v) is 16.6. The molecule has 0 unspecified atom stereocenters. The largest absolute Gasteiger partial charge is 0.416 e. The summed E-state index contributed by atoms with van der Waals surface area (Å²) in [6, 6.07) is 9.00. The fourth-order valence-electron chi connectivity index (χ4n) is 3.47. The quantitative estimate of drug-likeness (QED) is 0.509. The lowest BCUT2D eigenvalue weighted by atomic mass is 10.0. The van der Waals surface area contributed by atoms with Crippen LogP contribution in [-0.2, 0) is 25.4 Å². The van der Waals surface area contributed by atoms with Crippen molar-refractivity contribution in [3.05, 3.63) is 70.9 Å². The van der Waals surface area contributed by atoms with Crippen molar-refractivity contribution in [2.24, 2.45) is 5.10 Å². The van der Waals surface area contributed by atoms with Gasteiger partial charge in [0.1, 0.15) is 0 Å². The highest BCUT2D eigenvalue weighted by molar-refractivity contribution is 5.84. The maximum absolute atomic E-state index is 13.3. The van der Waals surface area contributed by atoms with Gasteiger partial charge >= 0.3 is 12.4 Å². The van der Waals surface area contributed by atoms with E-state index in [1.54, 1.807) is 18.1 Å². The second-order valence-electron chi connectivity index (χ2n) is 7.34. The highest BCUT2D eigenvalue weighted by Crippen LogP contribution is 2.36. The summed E-state index contributed by atoms with van der Waals surface area (Å²) in [6.07, 6.45) is -8.08. The first-order valence-electron chi connectivity index (χ1n) is 9.43. The Morgan fingerprint density at radius 2 is 1.59 bits per heavy atom.